The largest absolute Gasteiger partial charge is 0.481 e. The van der Waals surface area contributed by atoms with E-state index in [2.05, 4.69) is 15.9 Å². The first-order valence-corrected chi connectivity index (χ1v) is 9.90. The van der Waals surface area contributed by atoms with Crippen molar-refractivity contribution in [1.82, 2.24) is 4.90 Å². The molecule has 3 rings (SSSR count). The molecule has 2 amide bonds. The van der Waals surface area contributed by atoms with E-state index in [0.29, 0.717) is 20.7 Å². The van der Waals surface area contributed by atoms with E-state index in [4.69, 9.17) is 9.84 Å². The average Bonchev–Trinajstić information content (AvgIpc) is 2.90. The van der Waals surface area contributed by atoms with E-state index in [1.165, 1.54) is 4.90 Å². The van der Waals surface area contributed by atoms with Gasteiger partial charge in [0.05, 0.1) is 15.9 Å². The number of carbonyl (C=O) groups is 3. The Bertz CT molecular complexity index is 988. The molecular weight excluding hydrogens is 446 g/mol. The van der Waals surface area contributed by atoms with Gasteiger partial charge in [0.2, 0.25) is 0 Å². The summed E-state index contributed by atoms with van der Waals surface area (Å²) in [5, 5.41) is 8.38. The fraction of sp³-hybridized carbons (Fsp3) is 0.150. The second-order valence-corrected chi connectivity index (χ2v) is 7.91. The SMILES string of the molecule is Cc1ccccc1CN1C(=O)S/C(=C\c2ccc(OCC(=O)O)c(Br)c2)C1=O. The molecule has 1 saturated heterocycles. The predicted octanol–water partition coefficient (Wildman–Crippen LogP) is 4.46. The molecule has 6 nitrogen and oxygen atoms in total. The highest BCUT2D eigenvalue weighted by atomic mass is 79.9. The summed E-state index contributed by atoms with van der Waals surface area (Å²) in [6.45, 7) is 1.73. The van der Waals surface area contributed by atoms with Crippen LogP contribution in [0.5, 0.6) is 5.75 Å². The van der Waals surface area contributed by atoms with Gasteiger partial charge in [0, 0.05) is 0 Å². The second kappa shape index (κ2) is 8.62. The quantitative estimate of drug-likeness (QED) is 0.639. The Labute approximate surface area is 174 Å². The summed E-state index contributed by atoms with van der Waals surface area (Å²) in [5.41, 5.74) is 2.64. The van der Waals surface area contributed by atoms with Gasteiger partial charge in [-0.1, -0.05) is 30.3 Å². The Morgan fingerprint density at radius 3 is 2.68 bits per heavy atom. The van der Waals surface area contributed by atoms with Gasteiger partial charge in [0.25, 0.3) is 11.1 Å². The van der Waals surface area contributed by atoms with Crippen LogP contribution in [0.3, 0.4) is 0 Å². The lowest BCUT2D eigenvalue weighted by molar-refractivity contribution is -0.139. The van der Waals surface area contributed by atoms with E-state index in [9.17, 15) is 14.4 Å². The van der Waals surface area contributed by atoms with Crippen LogP contribution in [0.25, 0.3) is 6.08 Å². The van der Waals surface area contributed by atoms with Gasteiger partial charge in [0.15, 0.2) is 6.61 Å². The number of nitrogens with zero attached hydrogens (tertiary/aromatic N) is 1. The standard InChI is InChI=1S/C20H16BrNO5S/c1-12-4-2-3-5-14(12)10-22-19(25)17(28-20(22)26)9-13-6-7-16(15(21)8-13)27-11-18(23)24/h2-9H,10-11H2,1H3,(H,23,24)/b17-9-. The fourth-order valence-electron chi connectivity index (χ4n) is 2.61. The van der Waals surface area contributed by atoms with Crippen molar-refractivity contribution in [2.75, 3.05) is 6.61 Å². The molecule has 1 fully saturated rings. The zero-order valence-electron chi connectivity index (χ0n) is 14.8. The number of carboxylic acids is 1. The number of rotatable bonds is 6. The first kappa shape index (κ1) is 20.2. The minimum absolute atomic E-state index is 0.236. The summed E-state index contributed by atoms with van der Waals surface area (Å²) in [6, 6.07) is 12.6. The summed E-state index contributed by atoms with van der Waals surface area (Å²) in [7, 11) is 0. The molecule has 28 heavy (non-hydrogen) atoms. The number of aliphatic carboxylic acids is 1. The highest BCUT2D eigenvalue weighted by molar-refractivity contribution is 9.10. The number of amides is 2. The molecule has 1 aliphatic heterocycles. The molecule has 0 radical (unpaired) electrons. The Morgan fingerprint density at radius 1 is 1.25 bits per heavy atom. The zero-order valence-corrected chi connectivity index (χ0v) is 17.2. The van der Waals surface area contributed by atoms with Crippen molar-refractivity contribution >= 4 is 50.9 Å². The van der Waals surface area contributed by atoms with E-state index in [0.717, 1.165) is 22.9 Å². The Kier molecular flexibility index (Phi) is 6.21. The van der Waals surface area contributed by atoms with Crippen LogP contribution >= 0.6 is 27.7 Å². The molecule has 2 aromatic rings. The lowest BCUT2D eigenvalue weighted by Crippen LogP contribution is -2.27. The number of halogens is 1. The van der Waals surface area contributed by atoms with Gasteiger partial charge in [-0.15, -0.1) is 0 Å². The number of hydrogen-bond acceptors (Lipinski definition) is 5. The van der Waals surface area contributed by atoms with Crippen molar-refractivity contribution in [2.24, 2.45) is 0 Å². The summed E-state index contributed by atoms with van der Waals surface area (Å²) in [5.74, 6) is -1.02. The molecule has 2 aromatic carbocycles. The molecule has 144 valence electrons. The minimum Gasteiger partial charge on any atom is -0.481 e. The van der Waals surface area contributed by atoms with Gasteiger partial charge in [-0.25, -0.2) is 4.79 Å². The van der Waals surface area contributed by atoms with Gasteiger partial charge in [-0.3, -0.25) is 14.5 Å². The van der Waals surface area contributed by atoms with E-state index in [1.807, 2.05) is 31.2 Å². The van der Waals surface area contributed by atoms with E-state index in [-0.39, 0.29) is 17.7 Å². The Balaban J connectivity index is 1.77. The van der Waals surface area contributed by atoms with Crippen LogP contribution < -0.4 is 4.74 Å². The van der Waals surface area contributed by atoms with Crippen molar-refractivity contribution in [2.45, 2.75) is 13.5 Å². The van der Waals surface area contributed by atoms with E-state index in [1.54, 1.807) is 24.3 Å². The van der Waals surface area contributed by atoms with Gasteiger partial charge in [0.1, 0.15) is 5.75 Å². The summed E-state index contributed by atoms with van der Waals surface area (Å²) >= 11 is 4.22. The molecule has 0 spiro atoms. The van der Waals surface area contributed by atoms with Crippen molar-refractivity contribution in [1.29, 1.82) is 0 Å². The Morgan fingerprint density at radius 2 is 2.00 bits per heavy atom. The van der Waals surface area contributed by atoms with E-state index >= 15 is 0 Å². The molecule has 0 aromatic heterocycles. The third-order valence-electron chi connectivity index (χ3n) is 4.07. The molecule has 0 unspecified atom stereocenters. The Hall–Kier alpha value is -2.58. The van der Waals surface area contributed by atoms with Crippen LogP contribution in [-0.2, 0) is 16.1 Å². The topological polar surface area (TPSA) is 83.9 Å². The third kappa shape index (κ3) is 4.63. The first-order valence-electron chi connectivity index (χ1n) is 8.29. The number of carboxylic acid groups (broad SMARTS) is 1. The number of benzene rings is 2. The van der Waals surface area contributed by atoms with Crippen LogP contribution in [0.2, 0.25) is 0 Å². The number of carbonyl (C=O) groups excluding carboxylic acids is 2. The molecular formula is C20H16BrNO5S. The molecule has 1 N–H and O–H groups in total. The van der Waals surface area contributed by atoms with Crippen molar-refractivity contribution < 1.29 is 24.2 Å². The average molecular weight is 462 g/mol. The number of thioether (sulfide) groups is 1. The highest BCUT2D eigenvalue weighted by Crippen LogP contribution is 2.35. The molecule has 1 aliphatic rings. The first-order chi connectivity index (χ1) is 13.3. The van der Waals surface area contributed by atoms with Crippen LogP contribution in [0.1, 0.15) is 16.7 Å². The minimum atomic E-state index is -1.07. The maximum atomic E-state index is 12.7. The molecule has 0 saturated carbocycles. The molecule has 0 atom stereocenters. The third-order valence-corrected chi connectivity index (χ3v) is 5.60. The molecule has 1 heterocycles. The van der Waals surface area contributed by atoms with Gasteiger partial charge in [-0.2, -0.15) is 0 Å². The van der Waals surface area contributed by atoms with Crippen molar-refractivity contribution in [3.8, 4) is 5.75 Å². The van der Waals surface area contributed by atoms with E-state index < -0.39 is 12.6 Å². The van der Waals surface area contributed by atoms with Crippen LogP contribution in [0.15, 0.2) is 51.8 Å². The zero-order chi connectivity index (χ0) is 20.3. The maximum Gasteiger partial charge on any atom is 0.341 e. The molecule has 8 heteroatoms. The fourth-order valence-corrected chi connectivity index (χ4v) is 3.96. The van der Waals surface area contributed by atoms with Gasteiger partial charge >= 0.3 is 5.97 Å². The van der Waals surface area contributed by atoms with Crippen LogP contribution in [0, 0.1) is 6.92 Å². The normalized spacial score (nSPS) is 15.4. The summed E-state index contributed by atoms with van der Waals surface area (Å²) < 4.78 is 5.71. The second-order valence-electron chi connectivity index (χ2n) is 6.07. The van der Waals surface area contributed by atoms with Crippen molar-refractivity contribution in [3.63, 3.8) is 0 Å². The number of aryl methyl sites for hydroxylation is 1. The number of ether oxygens (including phenoxy) is 1. The summed E-state index contributed by atoms with van der Waals surface area (Å²) in [6.07, 6.45) is 1.63. The van der Waals surface area contributed by atoms with Crippen LogP contribution in [0.4, 0.5) is 4.79 Å². The van der Waals surface area contributed by atoms with Crippen molar-refractivity contribution in [3.05, 3.63) is 68.5 Å². The maximum absolute atomic E-state index is 12.7. The molecule has 0 aliphatic carbocycles. The molecule has 0 bridgehead atoms. The predicted molar refractivity (Wildman–Crippen MR) is 110 cm³/mol. The van der Waals surface area contributed by atoms with Gasteiger partial charge in [-0.05, 0) is 69.5 Å². The summed E-state index contributed by atoms with van der Waals surface area (Å²) in [4.78, 5) is 37.2. The lowest BCUT2D eigenvalue weighted by Gasteiger charge is -2.14. The smallest absolute Gasteiger partial charge is 0.341 e. The number of hydrogen-bond donors (Lipinski definition) is 1. The number of imide groups is 1. The highest BCUT2D eigenvalue weighted by Gasteiger charge is 2.35. The lowest BCUT2D eigenvalue weighted by atomic mass is 10.1. The van der Waals surface area contributed by atoms with Gasteiger partial charge < -0.3 is 9.84 Å². The van der Waals surface area contributed by atoms with Crippen LogP contribution in [-0.4, -0.2) is 33.7 Å². The monoisotopic (exact) mass is 461 g/mol.